The average molecular weight is 360 g/mol. The van der Waals surface area contributed by atoms with Crippen LogP contribution in [0, 0.1) is 11.7 Å². The number of halogens is 1. The molecule has 3 aliphatic rings. The summed E-state index contributed by atoms with van der Waals surface area (Å²) in [6.07, 6.45) is 8.62. The van der Waals surface area contributed by atoms with E-state index in [1.54, 1.807) is 6.07 Å². The zero-order valence-electron chi connectivity index (χ0n) is 15.4. The second kappa shape index (κ2) is 7.95. The van der Waals surface area contributed by atoms with Crippen LogP contribution < -0.4 is 5.32 Å². The molecule has 0 aromatic heterocycles. The third-order valence-electron chi connectivity index (χ3n) is 6.32. The minimum absolute atomic E-state index is 0.00452. The zero-order valence-corrected chi connectivity index (χ0v) is 15.4. The van der Waals surface area contributed by atoms with Crippen molar-refractivity contribution in [3.63, 3.8) is 0 Å². The van der Waals surface area contributed by atoms with Crippen LogP contribution >= 0.6 is 0 Å². The van der Waals surface area contributed by atoms with Gasteiger partial charge in [0.15, 0.2) is 0 Å². The van der Waals surface area contributed by atoms with Crippen molar-refractivity contribution < 1.29 is 13.9 Å². The first-order chi connectivity index (χ1) is 12.7. The number of rotatable bonds is 2. The van der Waals surface area contributed by atoms with E-state index in [9.17, 15) is 9.18 Å². The SMILES string of the molecule is O=C(NC1CCCc2c(F)cccc21)N1CCC(C2CCCCO2)CC1. The van der Waals surface area contributed by atoms with Gasteiger partial charge in [-0.15, -0.1) is 0 Å². The van der Waals surface area contributed by atoms with Crippen LogP contribution in [-0.2, 0) is 11.2 Å². The number of urea groups is 1. The predicted molar refractivity (Wildman–Crippen MR) is 98.5 cm³/mol. The minimum atomic E-state index is -0.144. The van der Waals surface area contributed by atoms with E-state index in [4.69, 9.17) is 4.74 Å². The number of benzene rings is 1. The number of amides is 2. The smallest absolute Gasteiger partial charge is 0.317 e. The van der Waals surface area contributed by atoms with Crippen LogP contribution in [0.5, 0.6) is 0 Å². The van der Waals surface area contributed by atoms with Gasteiger partial charge in [-0.2, -0.15) is 0 Å². The fraction of sp³-hybridized carbons (Fsp3) is 0.667. The van der Waals surface area contributed by atoms with Gasteiger partial charge >= 0.3 is 6.03 Å². The fourth-order valence-corrected chi connectivity index (χ4v) is 4.81. The molecule has 2 saturated heterocycles. The van der Waals surface area contributed by atoms with Crippen molar-refractivity contribution in [3.8, 4) is 0 Å². The molecule has 142 valence electrons. The summed E-state index contributed by atoms with van der Waals surface area (Å²) in [6.45, 7) is 2.47. The molecule has 4 nitrogen and oxygen atoms in total. The van der Waals surface area contributed by atoms with Crippen molar-refractivity contribution in [2.75, 3.05) is 19.7 Å². The molecule has 0 saturated carbocycles. The van der Waals surface area contributed by atoms with Gasteiger partial charge in [0.1, 0.15) is 5.82 Å². The van der Waals surface area contributed by atoms with Crippen LogP contribution in [0.25, 0.3) is 0 Å². The Morgan fingerprint density at radius 3 is 2.73 bits per heavy atom. The molecule has 4 rings (SSSR count). The minimum Gasteiger partial charge on any atom is -0.378 e. The number of hydrogen-bond acceptors (Lipinski definition) is 2. The van der Waals surface area contributed by atoms with Gasteiger partial charge in [0.2, 0.25) is 0 Å². The van der Waals surface area contributed by atoms with E-state index in [0.717, 1.165) is 62.9 Å². The first-order valence-electron chi connectivity index (χ1n) is 10.2. The van der Waals surface area contributed by atoms with Crippen molar-refractivity contribution in [1.29, 1.82) is 0 Å². The molecule has 1 N–H and O–H groups in total. The number of nitrogens with one attached hydrogen (secondary N) is 1. The molecular weight excluding hydrogens is 331 g/mol. The van der Waals surface area contributed by atoms with E-state index < -0.39 is 0 Å². The van der Waals surface area contributed by atoms with E-state index in [1.165, 1.54) is 25.3 Å². The molecule has 1 aliphatic carbocycles. The Morgan fingerprint density at radius 1 is 1.12 bits per heavy atom. The number of fused-ring (bicyclic) bond motifs is 1. The van der Waals surface area contributed by atoms with Gasteiger partial charge in [0, 0.05) is 19.7 Å². The number of carbonyl (C=O) groups is 1. The fourth-order valence-electron chi connectivity index (χ4n) is 4.81. The van der Waals surface area contributed by atoms with E-state index in [2.05, 4.69) is 5.32 Å². The molecule has 5 heteroatoms. The first-order valence-corrected chi connectivity index (χ1v) is 10.2. The van der Waals surface area contributed by atoms with Crippen molar-refractivity contribution >= 4 is 6.03 Å². The molecule has 1 aromatic carbocycles. The standard InChI is InChI=1S/C21H29FN2O2/c22-18-7-3-6-17-16(18)5-4-8-19(17)23-21(25)24-12-10-15(11-13-24)20-9-1-2-14-26-20/h3,6-7,15,19-20H,1-2,4-5,8-14H2,(H,23,25). The average Bonchev–Trinajstić information content (AvgIpc) is 2.69. The third kappa shape index (κ3) is 3.73. The van der Waals surface area contributed by atoms with Gasteiger partial charge in [-0.05, 0) is 74.5 Å². The van der Waals surface area contributed by atoms with Crippen LogP contribution in [0.3, 0.4) is 0 Å². The zero-order chi connectivity index (χ0) is 17.9. The van der Waals surface area contributed by atoms with Crippen LogP contribution in [0.1, 0.15) is 62.1 Å². The van der Waals surface area contributed by atoms with Gasteiger partial charge in [-0.25, -0.2) is 9.18 Å². The maximum Gasteiger partial charge on any atom is 0.317 e. The predicted octanol–water partition coefficient (Wildman–Crippen LogP) is 4.19. The van der Waals surface area contributed by atoms with E-state index >= 15 is 0 Å². The van der Waals surface area contributed by atoms with Crippen molar-refractivity contribution in [2.45, 2.75) is 63.5 Å². The molecule has 2 fully saturated rings. The number of hydrogen-bond donors (Lipinski definition) is 1. The Bertz CT molecular complexity index is 637. The molecule has 2 aliphatic heterocycles. The lowest BCUT2D eigenvalue weighted by atomic mass is 9.87. The van der Waals surface area contributed by atoms with Crippen molar-refractivity contribution in [3.05, 3.63) is 35.1 Å². The number of ether oxygens (including phenoxy) is 1. The monoisotopic (exact) mass is 360 g/mol. The maximum atomic E-state index is 14.0. The summed E-state index contributed by atoms with van der Waals surface area (Å²) in [4.78, 5) is 14.7. The number of likely N-dealkylation sites (tertiary alicyclic amines) is 1. The van der Waals surface area contributed by atoms with E-state index in [-0.39, 0.29) is 17.9 Å². The second-order valence-corrected chi connectivity index (χ2v) is 7.93. The molecule has 2 amide bonds. The van der Waals surface area contributed by atoms with Crippen LogP contribution in [0.4, 0.5) is 9.18 Å². The van der Waals surface area contributed by atoms with Gasteiger partial charge in [0.05, 0.1) is 12.1 Å². The number of piperidine rings is 1. The Morgan fingerprint density at radius 2 is 1.96 bits per heavy atom. The lowest BCUT2D eigenvalue weighted by Crippen LogP contribution is -2.47. The van der Waals surface area contributed by atoms with Gasteiger partial charge < -0.3 is 15.0 Å². The molecule has 0 bridgehead atoms. The molecule has 0 spiro atoms. The quantitative estimate of drug-likeness (QED) is 0.859. The molecule has 2 atom stereocenters. The molecule has 2 unspecified atom stereocenters. The molecular formula is C21H29FN2O2. The Hall–Kier alpha value is -1.62. The lowest BCUT2D eigenvalue weighted by molar-refractivity contribution is -0.0349. The van der Waals surface area contributed by atoms with Crippen LogP contribution in [0.15, 0.2) is 18.2 Å². The Balaban J connectivity index is 1.33. The van der Waals surface area contributed by atoms with E-state index in [1.807, 2.05) is 11.0 Å². The van der Waals surface area contributed by atoms with E-state index in [0.29, 0.717) is 12.0 Å². The van der Waals surface area contributed by atoms with Crippen molar-refractivity contribution in [2.24, 2.45) is 5.92 Å². The molecule has 26 heavy (non-hydrogen) atoms. The van der Waals surface area contributed by atoms with Gasteiger partial charge in [-0.3, -0.25) is 0 Å². The second-order valence-electron chi connectivity index (χ2n) is 7.93. The highest BCUT2D eigenvalue weighted by atomic mass is 19.1. The van der Waals surface area contributed by atoms with Crippen LogP contribution in [-0.4, -0.2) is 36.7 Å². The maximum absolute atomic E-state index is 14.0. The highest BCUT2D eigenvalue weighted by Crippen LogP contribution is 2.32. The number of carbonyl (C=O) groups excluding carboxylic acids is 1. The topological polar surface area (TPSA) is 41.6 Å². The summed E-state index contributed by atoms with van der Waals surface area (Å²) in [6, 6.07) is 5.14. The Labute approximate surface area is 155 Å². The summed E-state index contributed by atoms with van der Waals surface area (Å²) in [5.74, 6) is 0.443. The summed E-state index contributed by atoms with van der Waals surface area (Å²) in [7, 11) is 0. The summed E-state index contributed by atoms with van der Waals surface area (Å²) in [5.41, 5.74) is 1.73. The highest BCUT2D eigenvalue weighted by Gasteiger charge is 2.31. The normalized spacial score (nSPS) is 27.0. The number of nitrogens with zero attached hydrogens (tertiary/aromatic N) is 1. The lowest BCUT2D eigenvalue weighted by Gasteiger charge is -2.38. The van der Waals surface area contributed by atoms with Crippen LogP contribution in [0.2, 0.25) is 0 Å². The summed E-state index contributed by atoms with van der Waals surface area (Å²) >= 11 is 0. The molecule has 1 aromatic rings. The van der Waals surface area contributed by atoms with Gasteiger partial charge in [-0.1, -0.05) is 12.1 Å². The summed E-state index contributed by atoms with van der Waals surface area (Å²) < 4.78 is 20.0. The Kier molecular flexibility index (Phi) is 5.44. The molecule has 2 heterocycles. The highest BCUT2D eigenvalue weighted by molar-refractivity contribution is 5.75. The third-order valence-corrected chi connectivity index (χ3v) is 6.32. The molecule has 0 radical (unpaired) electrons. The van der Waals surface area contributed by atoms with Gasteiger partial charge in [0.25, 0.3) is 0 Å². The summed E-state index contributed by atoms with van der Waals surface area (Å²) in [5, 5.41) is 3.16. The van der Waals surface area contributed by atoms with Crippen molar-refractivity contribution in [1.82, 2.24) is 10.2 Å². The first kappa shape index (κ1) is 17.8. The largest absolute Gasteiger partial charge is 0.378 e.